The van der Waals surface area contributed by atoms with Gasteiger partial charge in [0.25, 0.3) is 0 Å². The fourth-order valence-corrected chi connectivity index (χ4v) is 3.63. The maximum absolute atomic E-state index is 5.53. The Bertz CT molecular complexity index is 1070. The SMILES string of the molecule is [CH2]CCNCc1ccc(-c2noc(CCCCc3ccccc3)n2)c2cccnc12. The molecule has 1 radical (unpaired) electrons. The fourth-order valence-electron chi connectivity index (χ4n) is 3.63. The molecule has 0 atom stereocenters. The highest BCUT2D eigenvalue weighted by atomic mass is 16.5. The molecule has 2 aromatic heterocycles. The van der Waals surface area contributed by atoms with Gasteiger partial charge in [-0.15, -0.1) is 0 Å². The minimum absolute atomic E-state index is 0.628. The number of aryl methyl sites for hydroxylation is 2. The summed E-state index contributed by atoms with van der Waals surface area (Å²) in [5.41, 5.74) is 4.46. The minimum atomic E-state index is 0.628. The zero-order valence-corrected chi connectivity index (χ0v) is 17.2. The molecule has 1 N–H and O–H groups in total. The molecular formula is C25H27N4O. The van der Waals surface area contributed by atoms with E-state index in [4.69, 9.17) is 4.52 Å². The lowest BCUT2D eigenvalue weighted by molar-refractivity contribution is 0.375. The zero-order chi connectivity index (χ0) is 20.6. The van der Waals surface area contributed by atoms with Gasteiger partial charge in [-0.1, -0.05) is 54.5 Å². The normalized spacial score (nSPS) is 11.2. The highest BCUT2D eigenvalue weighted by Crippen LogP contribution is 2.28. The van der Waals surface area contributed by atoms with Gasteiger partial charge in [0.05, 0.1) is 5.52 Å². The molecule has 0 aliphatic rings. The summed E-state index contributed by atoms with van der Waals surface area (Å²) in [7, 11) is 0. The molecule has 4 rings (SSSR count). The first-order chi connectivity index (χ1) is 14.8. The van der Waals surface area contributed by atoms with Gasteiger partial charge in [-0.3, -0.25) is 4.98 Å². The second-order valence-electron chi connectivity index (χ2n) is 7.41. The van der Waals surface area contributed by atoms with Crippen molar-refractivity contribution in [2.24, 2.45) is 0 Å². The van der Waals surface area contributed by atoms with Crippen LogP contribution in [0, 0.1) is 6.92 Å². The number of nitrogens with one attached hydrogen (secondary N) is 1. The highest BCUT2D eigenvalue weighted by Gasteiger charge is 2.14. The largest absolute Gasteiger partial charge is 0.339 e. The van der Waals surface area contributed by atoms with E-state index < -0.39 is 0 Å². The Balaban J connectivity index is 1.44. The van der Waals surface area contributed by atoms with E-state index in [1.54, 1.807) is 0 Å². The van der Waals surface area contributed by atoms with Crippen molar-refractivity contribution in [3.05, 3.63) is 84.7 Å². The second-order valence-corrected chi connectivity index (χ2v) is 7.41. The van der Waals surface area contributed by atoms with Gasteiger partial charge in [-0.25, -0.2) is 0 Å². The Morgan fingerprint density at radius 1 is 0.933 bits per heavy atom. The van der Waals surface area contributed by atoms with Crippen LogP contribution >= 0.6 is 0 Å². The van der Waals surface area contributed by atoms with Gasteiger partial charge < -0.3 is 9.84 Å². The Hall–Kier alpha value is -3.05. The van der Waals surface area contributed by atoms with E-state index in [0.29, 0.717) is 11.7 Å². The van der Waals surface area contributed by atoms with Gasteiger partial charge >= 0.3 is 0 Å². The number of benzene rings is 2. The molecule has 0 saturated carbocycles. The van der Waals surface area contributed by atoms with E-state index >= 15 is 0 Å². The summed E-state index contributed by atoms with van der Waals surface area (Å²) in [4.78, 5) is 9.25. The van der Waals surface area contributed by atoms with Crippen molar-refractivity contribution in [3.8, 4) is 11.4 Å². The average Bonchev–Trinajstić information content (AvgIpc) is 3.26. The molecule has 2 aromatic carbocycles. The van der Waals surface area contributed by atoms with Crippen LogP contribution in [-0.4, -0.2) is 21.7 Å². The molecule has 0 unspecified atom stereocenters. The Kier molecular flexibility index (Phi) is 6.83. The van der Waals surface area contributed by atoms with Crippen LogP contribution in [-0.2, 0) is 19.4 Å². The Labute approximate surface area is 177 Å². The van der Waals surface area contributed by atoms with Crippen LogP contribution in [0.2, 0.25) is 0 Å². The van der Waals surface area contributed by atoms with Gasteiger partial charge in [0.15, 0.2) is 0 Å². The maximum atomic E-state index is 5.53. The van der Waals surface area contributed by atoms with E-state index in [1.165, 1.54) is 5.56 Å². The molecule has 2 heterocycles. The van der Waals surface area contributed by atoms with Crippen LogP contribution in [0.5, 0.6) is 0 Å². The number of aromatic nitrogens is 3. The molecule has 30 heavy (non-hydrogen) atoms. The Morgan fingerprint density at radius 3 is 2.67 bits per heavy atom. The van der Waals surface area contributed by atoms with E-state index in [1.807, 2.05) is 12.3 Å². The summed E-state index contributed by atoms with van der Waals surface area (Å²) in [5.74, 6) is 1.32. The highest BCUT2D eigenvalue weighted by molar-refractivity contribution is 5.94. The van der Waals surface area contributed by atoms with Crippen molar-refractivity contribution >= 4 is 10.9 Å². The number of hydrogen-bond acceptors (Lipinski definition) is 5. The number of pyridine rings is 1. The molecule has 4 aromatic rings. The Morgan fingerprint density at radius 2 is 1.80 bits per heavy atom. The number of nitrogens with zero attached hydrogens (tertiary/aromatic N) is 3. The van der Waals surface area contributed by atoms with Crippen molar-refractivity contribution in [3.63, 3.8) is 0 Å². The minimum Gasteiger partial charge on any atom is -0.339 e. The summed E-state index contributed by atoms with van der Waals surface area (Å²) < 4.78 is 5.53. The first-order valence-electron chi connectivity index (χ1n) is 10.6. The average molecular weight is 400 g/mol. The number of rotatable bonds is 10. The van der Waals surface area contributed by atoms with Crippen molar-refractivity contribution in [1.82, 2.24) is 20.4 Å². The summed E-state index contributed by atoms with van der Waals surface area (Å²) >= 11 is 0. The maximum Gasteiger partial charge on any atom is 0.226 e. The molecule has 153 valence electrons. The van der Waals surface area contributed by atoms with Crippen LogP contribution in [0.3, 0.4) is 0 Å². The van der Waals surface area contributed by atoms with Gasteiger partial charge in [0.1, 0.15) is 0 Å². The predicted octanol–water partition coefficient (Wildman–Crippen LogP) is 5.16. The lowest BCUT2D eigenvalue weighted by atomic mass is 10.0. The third-order valence-electron chi connectivity index (χ3n) is 5.18. The van der Waals surface area contributed by atoms with Gasteiger partial charge in [0.2, 0.25) is 11.7 Å². The molecule has 0 bridgehead atoms. The fraction of sp³-hybridized carbons (Fsp3) is 0.280. The van der Waals surface area contributed by atoms with Crippen LogP contribution in [0.4, 0.5) is 0 Å². The van der Waals surface area contributed by atoms with Gasteiger partial charge in [-0.05, 0) is 55.5 Å². The second kappa shape index (κ2) is 10.1. The summed E-state index contributed by atoms with van der Waals surface area (Å²) in [6.45, 7) is 5.52. The molecule has 0 saturated heterocycles. The molecule has 0 aliphatic carbocycles. The van der Waals surface area contributed by atoms with Crippen molar-refractivity contribution in [2.45, 2.75) is 38.6 Å². The topological polar surface area (TPSA) is 63.8 Å². The number of hydrogen-bond donors (Lipinski definition) is 1. The molecule has 0 fully saturated rings. The zero-order valence-electron chi connectivity index (χ0n) is 17.2. The van der Waals surface area contributed by atoms with Gasteiger partial charge in [-0.2, -0.15) is 4.98 Å². The van der Waals surface area contributed by atoms with Crippen molar-refractivity contribution < 1.29 is 4.52 Å². The molecule has 5 heteroatoms. The van der Waals surface area contributed by atoms with E-state index in [9.17, 15) is 0 Å². The van der Waals surface area contributed by atoms with Crippen molar-refractivity contribution in [2.75, 3.05) is 6.54 Å². The molecule has 0 spiro atoms. The lowest BCUT2D eigenvalue weighted by Crippen LogP contribution is -2.14. The predicted molar refractivity (Wildman–Crippen MR) is 120 cm³/mol. The van der Waals surface area contributed by atoms with Gasteiger partial charge in [0, 0.05) is 30.1 Å². The smallest absolute Gasteiger partial charge is 0.226 e. The lowest BCUT2D eigenvalue weighted by Gasteiger charge is -2.09. The first-order valence-corrected chi connectivity index (χ1v) is 10.6. The van der Waals surface area contributed by atoms with E-state index in [-0.39, 0.29) is 0 Å². The molecule has 0 amide bonds. The van der Waals surface area contributed by atoms with E-state index in [0.717, 1.165) is 67.2 Å². The van der Waals surface area contributed by atoms with Crippen LogP contribution in [0.15, 0.2) is 65.3 Å². The summed E-state index contributed by atoms with van der Waals surface area (Å²) in [6.07, 6.45) is 6.68. The molecule has 5 nitrogen and oxygen atoms in total. The standard InChI is InChI=1S/C25H27N4O/c1-2-16-26-18-20-14-15-22(21-12-8-17-27-24(20)21)25-28-23(30-29-25)13-7-6-11-19-9-4-3-5-10-19/h3-5,8-10,12,14-15,17,26H,1-2,6-7,11,13,16,18H2. The quantitative estimate of drug-likeness (QED) is 0.373. The molecule has 0 aliphatic heterocycles. The third-order valence-corrected chi connectivity index (χ3v) is 5.18. The number of unbranched alkanes of at least 4 members (excludes halogenated alkanes) is 1. The van der Waals surface area contributed by atoms with Crippen LogP contribution in [0.1, 0.15) is 36.3 Å². The van der Waals surface area contributed by atoms with E-state index in [2.05, 4.69) is 75.9 Å². The van der Waals surface area contributed by atoms with Crippen molar-refractivity contribution in [1.29, 1.82) is 0 Å². The molecular weight excluding hydrogens is 372 g/mol. The monoisotopic (exact) mass is 399 g/mol. The summed E-state index contributed by atoms with van der Waals surface area (Å²) in [6, 6.07) is 18.7. The number of fused-ring (bicyclic) bond motifs is 1. The van der Waals surface area contributed by atoms with Crippen LogP contribution < -0.4 is 5.32 Å². The first kappa shape index (κ1) is 20.2. The third kappa shape index (κ3) is 4.92. The van der Waals surface area contributed by atoms with Crippen LogP contribution in [0.25, 0.3) is 22.3 Å². The summed E-state index contributed by atoms with van der Waals surface area (Å²) in [5, 5.41) is 8.68.